The van der Waals surface area contributed by atoms with Crippen LogP contribution >= 0.6 is 0 Å². The Balaban J connectivity index is 1.47. The molecule has 0 bridgehead atoms. The highest BCUT2D eigenvalue weighted by atomic mass is 19.1. The van der Waals surface area contributed by atoms with Crippen LogP contribution in [-0.4, -0.2) is 70.7 Å². The lowest BCUT2D eigenvalue weighted by Gasteiger charge is -2.40. The molecular formula is C23H27FN4O4. The van der Waals surface area contributed by atoms with E-state index in [4.69, 9.17) is 4.74 Å². The van der Waals surface area contributed by atoms with E-state index >= 15 is 0 Å². The molecule has 2 aliphatic rings. The molecule has 32 heavy (non-hydrogen) atoms. The molecule has 2 fully saturated rings. The number of halogens is 1. The molecule has 0 aliphatic carbocycles. The largest absolute Gasteiger partial charge is 0.379 e. The molecule has 1 N–H and O–H groups in total. The number of carbonyl (C=O) groups is 2. The van der Waals surface area contributed by atoms with Crippen LogP contribution in [0.15, 0.2) is 29.1 Å². The smallest absolute Gasteiger partial charge is 0.267 e. The van der Waals surface area contributed by atoms with E-state index in [9.17, 15) is 18.8 Å². The average molecular weight is 442 g/mol. The fourth-order valence-electron chi connectivity index (χ4n) is 4.29. The van der Waals surface area contributed by atoms with Gasteiger partial charge in [0.1, 0.15) is 12.4 Å². The highest BCUT2D eigenvalue weighted by Gasteiger charge is 2.33. The normalized spacial score (nSPS) is 19.3. The first kappa shape index (κ1) is 22.1. The van der Waals surface area contributed by atoms with Crippen molar-refractivity contribution in [3.63, 3.8) is 0 Å². The van der Waals surface area contributed by atoms with Crippen molar-refractivity contribution >= 4 is 11.8 Å². The van der Waals surface area contributed by atoms with Gasteiger partial charge in [0.25, 0.3) is 11.5 Å². The van der Waals surface area contributed by atoms with E-state index in [2.05, 4.69) is 10.2 Å². The number of piperazine rings is 1. The van der Waals surface area contributed by atoms with Gasteiger partial charge < -0.3 is 14.5 Å². The van der Waals surface area contributed by atoms with Crippen LogP contribution in [0.1, 0.15) is 46.9 Å². The summed E-state index contributed by atoms with van der Waals surface area (Å²) in [5, 5.41) is 6.51. The van der Waals surface area contributed by atoms with Gasteiger partial charge in [-0.1, -0.05) is 13.0 Å². The highest BCUT2D eigenvalue weighted by molar-refractivity contribution is 5.97. The van der Waals surface area contributed by atoms with Crippen molar-refractivity contribution in [2.75, 3.05) is 32.8 Å². The van der Waals surface area contributed by atoms with Gasteiger partial charge in [-0.2, -0.15) is 5.10 Å². The maximum absolute atomic E-state index is 14.5. The number of nitrogens with one attached hydrogen (secondary N) is 1. The molecule has 3 heterocycles. The summed E-state index contributed by atoms with van der Waals surface area (Å²) < 4.78 is 20.0. The van der Waals surface area contributed by atoms with E-state index in [1.807, 2.05) is 6.92 Å². The maximum Gasteiger partial charge on any atom is 0.267 e. The first-order valence-corrected chi connectivity index (χ1v) is 11.0. The minimum absolute atomic E-state index is 0.0476. The topological polar surface area (TPSA) is 95.6 Å². The number of aryl methyl sites for hydroxylation is 1. The zero-order valence-electron chi connectivity index (χ0n) is 18.1. The molecule has 2 aromatic rings. The van der Waals surface area contributed by atoms with Crippen LogP contribution < -0.4 is 5.56 Å². The van der Waals surface area contributed by atoms with Crippen molar-refractivity contribution in [1.29, 1.82) is 0 Å². The van der Waals surface area contributed by atoms with Crippen LogP contribution in [-0.2, 0) is 22.4 Å². The number of aromatic amines is 1. The molecule has 2 amide bonds. The summed E-state index contributed by atoms with van der Waals surface area (Å²) in [5.74, 6) is -1.26. The van der Waals surface area contributed by atoms with Crippen LogP contribution in [0.2, 0.25) is 0 Å². The van der Waals surface area contributed by atoms with Gasteiger partial charge in [-0.15, -0.1) is 0 Å². The monoisotopic (exact) mass is 442 g/mol. The third-order valence-electron chi connectivity index (χ3n) is 6.08. The van der Waals surface area contributed by atoms with Gasteiger partial charge in [0.15, 0.2) is 0 Å². The third kappa shape index (κ3) is 4.72. The number of hydrogen-bond acceptors (Lipinski definition) is 5. The summed E-state index contributed by atoms with van der Waals surface area (Å²) in [5.41, 5.74) is 1.65. The van der Waals surface area contributed by atoms with E-state index in [0.717, 1.165) is 12.8 Å². The van der Waals surface area contributed by atoms with E-state index in [1.54, 1.807) is 17.0 Å². The average Bonchev–Trinajstić information content (AvgIpc) is 2.81. The zero-order valence-corrected chi connectivity index (χ0v) is 18.1. The van der Waals surface area contributed by atoms with Crippen molar-refractivity contribution in [3.8, 4) is 0 Å². The summed E-state index contributed by atoms with van der Waals surface area (Å²) >= 11 is 0. The number of aromatic nitrogens is 2. The van der Waals surface area contributed by atoms with E-state index < -0.39 is 11.7 Å². The van der Waals surface area contributed by atoms with Gasteiger partial charge in [0.2, 0.25) is 5.91 Å². The Bertz CT molecular complexity index is 1060. The van der Waals surface area contributed by atoms with E-state index in [-0.39, 0.29) is 29.6 Å². The molecule has 0 unspecified atom stereocenters. The molecule has 0 radical (unpaired) electrons. The quantitative estimate of drug-likeness (QED) is 0.758. The first-order valence-electron chi connectivity index (χ1n) is 11.0. The lowest BCUT2D eigenvalue weighted by Crippen LogP contribution is -2.57. The fraction of sp³-hybridized carbons (Fsp3) is 0.478. The lowest BCUT2D eigenvalue weighted by atomic mass is 10.0. The Morgan fingerprint density at radius 3 is 2.84 bits per heavy atom. The Morgan fingerprint density at radius 2 is 2.12 bits per heavy atom. The second kappa shape index (κ2) is 9.60. The number of benzene rings is 1. The fourth-order valence-corrected chi connectivity index (χ4v) is 4.29. The van der Waals surface area contributed by atoms with Gasteiger partial charge in [0, 0.05) is 31.7 Å². The van der Waals surface area contributed by atoms with Gasteiger partial charge in [-0.25, -0.2) is 9.49 Å². The summed E-state index contributed by atoms with van der Waals surface area (Å²) in [4.78, 5) is 40.6. The van der Waals surface area contributed by atoms with Gasteiger partial charge in [-0.3, -0.25) is 14.4 Å². The Labute approximate surface area is 185 Å². The molecule has 2 saturated heterocycles. The maximum atomic E-state index is 14.5. The number of H-pyrrole nitrogens is 1. The summed E-state index contributed by atoms with van der Waals surface area (Å²) in [7, 11) is 0. The molecule has 1 aromatic carbocycles. The summed E-state index contributed by atoms with van der Waals surface area (Å²) in [6.45, 7) is 3.82. The van der Waals surface area contributed by atoms with Crippen LogP contribution in [0.25, 0.3) is 0 Å². The van der Waals surface area contributed by atoms with Gasteiger partial charge in [-0.05, 0) is 43.0 Å². The molecule has 1 aromatic heterocycles. The molecule has 4 rings (SSSR count). The van der Waals surface area contributed by atoms with E-state index in [0.29, 0.717) is 56.0 Å². The molecule has 9 heteroatoms. The minimum Gasteiger partial charge on any atom is -0.379 e. The molecule has 0 spiro atoms. The van der Waals surface area contributed by atoms with Crippen LogP contribution in [0.3, 0.4) is 0 Å². The third-order valence-corrected chi connectivity index (χ3v) is 6.08. The van der Waals surface area contributed by atoms with Crippen LogP contribution in [0.5, 0.6) is 0 Å². The predicted molar refractivity (Wildman–Crippen MR) is 115 cm³/mol. The molecule has 1 atom stereocenters. The molecule has 0 saturated carbocycles. The summed E-state index contributed by atoms with van der Waals surface area (Å²) in [6.07, 6.45) is 2.73. The first-order chi connectivity index (χ1) is 15.5. The Kier molecular flexibility index (Phi) is 6.64. The minimum atomic E-state index is -0.627. The van der Waals surface area contributed by atoms with Crippen molar-refractivity contribution in [3.05, 3.63) is 62.8 Å². The number of hydrogen-bond donors (Lipinski definition) is 1. The standard InChI is InChI=1S/C23H27FN4O4/c1-2-16-12-17(25-26-22(16)30)10-15-5-6-20(24)19(11-15)23(31)27-7-8-28(21(29)13-27)18-4-3-9-32-14-18/h5-6,11-12,18H,2-4,7-10,13-14H2,1H3,(H,26,30)/t18-/m1/s1. The highest BCUT2D eigenvalue weighted by Crippen LogP contribution is 2.20. The number of carbonyl (C=O) groups excluding carboxylic acids is 2. The number of ether oxygens (including phenoxy) is 1. The SMILES string of the molecule is CCc1cc(Cc2ccc(F)c(C(=O)N3CCN([C@@H]4CCCOC4)C(=O)C3)c2)n[nH]c1=O. The van der Waals surface area contributed by atoms with Crippen molar-refractivity contribution in [1.82, 2.24) is 20.0 Å². The molecule has 8 nitrogen and oxygen atoms in total. The van der Waals surface area contributed by atoms with Gasteiger partial charge >= 0.3 is 0 Å². The van der Waals surface area contributed by atoms with Crippen molar-refractivity contribution < 1.29 is 18.7 Å². The van der Waals surface area contributed by atoms with Gasteiger partial charge in [0.05, 0.1) is 23.9 Å². The molecule has 170 valence electrons. The summed E-state index contributed by atoms with van der Waals surface area (Å²) in [6, 6.07) is 6.12. The predicted octanol–water partition coefficient (Wildman–Crippen LogP) is 1.53. The van der Waals surface area contributed by atoms with Crippen LogP contribution in [0, 0.1) is 5.82 Å². The van der Waals surface area contributed by atoms with Crippen LogP contribution in [0.4, 0.5) is 4.39 Å². The Morgan fingerprint density at radius 1 is 1.28 bits per heavy atom. The number of amides is 2. The van der Waals surface area contributed by atoms with E-state index in [1.165, 1.54) is 17.0 Å². The zero-order chi connectivity index (χ0) is 22.7. The Hall–Kier alpha value is -3.07. The lowest BCUT2D eigenvalue weighted by molar-refractivity contribution is -0.140. The molecular weight excluding hydrogens is 415 g/mol. The van der Waals surface area contributed by atoms with Crippen molar-refractivity contribution in [2.45, 2.75) is 38.6 Å². The molecule has 2 aliphatic heterocycles. The number of nitrogens with zero attached hydrogens (tertiary/aromatic N) is 3. The number of rotatable bonds is 5. The second-order valence-electron chi connectivity index (χ2n) is 8.24. The second-order valence-corrected chi connectivity index (χ2v) is 8.24. The van der Waals surface area contributed by atoms with Crippen molar-refractivity contribution in [2.24, 2.45) is 0 Å².